The number of rotatable bonds is 5. The van der Waals surface area contributed by atoms with Crippen LogP contribution < -0.4 is 10.5 Å². The van der Waals surface area contributed by atoms with E-state index in [-0.39, 0.29) is 0 Å². The molecule has 0 saturated heterocycles. The zero-order valence-electron chi connectivity index (χ0n) is 9.50. The van der Waals surface area contributed by atoms with Gasteiger partial charge in [-0.05, 0) is 30.5 Å². The Morgan fingerprint density at radius 3 is 2.75 bits per heavy atom. The van der Waals surface area contributed by atoms with Crippen molar-refractivity contribution < 1.29 is 4.74 Å². The summed E-state index contributed by atoms with van der Waals surface area (Å²) in [6.45, 7) is 5.02. The molecule has 16 heavy (non-hydrogen) atoms. The van der Waals surface area contributed by atoms with Crippen molar-refractivity contribution in [2.45, 2.75) is 20.3 Å². The minimum Gasteiger partial charge on any atom is -0.493 e. The number of ether oxygens (including phenoxy) is 1. The van der Waals surface area contributed by atoms with Gasteiger partial charge in [-0.15, -0.1) is 0 Å². The Morgan fingerprint density at radius 2 is 2.19 bits per heavy atom. The van der Waals surface area contributed by atoms with E-state index in [1.54, 1.807) is 0 Å². The molecule has 1 aromatic carbocycles. The Balaban J connectivity index is 2.76. The van der Waals surface area contributed by atoms with Crippen LogP contribution in [-0.4, -0.2) is 11.6 Å². The van der Waals surface area contributed by atoms with E-state index in [4.69, 9.17) is 22.7 Å². The van der Waals surface area contributed by atoms with E-state index in [2.05, 4.69) is 29.8 Å². The normalized spacial score (nSPS) is 10.5. The first-order chi connectivity index (χ1) is 7.50. The SMILES string of the molecule is CC(C)CCOc1cc(Br)ccc1C(N)=S. The topological polar surface area (TPSA) is 35.2 Å². The number of thiocarbonyl (C=S) groups is 1. The fraction of sp³-hybridized carbons (Fsp3) is 0.417. The number of nitrogens with two attached hydrogens (primary N) is 1. The van der Waals surface area contributed by atoms with Crippen LogP contribution in [-0.2, 0) is 0 Å². The van der Waals surface area contributed by atoms with Crippen LogP contribution in [0, 0.1) is 5.92 Å². The molecular formula is C12H16BrNOS. The molecule has 2 N–H and O–H groups in total. The molecule has 0 aromatic heterocycles. The Morgan fingerprint density at radius 1 is 1.50 bits per heavy atom. The monoisotopic (exact) mass is 301 g/mol. The van der Waals surface area contributed by atoms with Gasteiger partial charge in [0.15, 0.2) is 0 Å². The number of hydrogen-bond acceptors (Lipinski definition) is 2. The number of hydrogen-bond donors (Lipinski definition) is 1. The molecule has 4 heteroatoms. The van der Waals surface area contributed by atoms with Crippen LogP contribution in [0.5, 0.6) is 5.75 Å². The summed E-state index contributed by atoms with van der Waals surface area (Å²) in [6.07, 6.45) is 1.02. The first kappa shape index (κ1) is 13.5. The lowest BCUT2D eigenvalue weighted by molar-refractivity contribution is 0.289. The summed E-state index contributed by atoms with van der Waals surface area (Å²) in [7, 11) is 0. The standard InChI is InChI=1S/C12H16BrNOS/c1-8(2)5-6-15-11-7-9(13)3-4-10(11)12(14)16/h3-4,7-8H,5-6H2,1-2H3,(H2,14,16). The lowest BCUT2D eigenvalue weighted by atomic mass is 10.1. The third kappa shape index (κ3) is 4.10. The second kappa shape index (κ2) is 6.21. The van der Waals surface area contributed by atoms with Gasteiger partial charge in [-0.1, -0.05) is 42.0 Å². The highest BCUT2D eigenvalue weighted by Crippen LogP contribution is 2.24. The van der Waals surface area contributed by atoms with Crippen molar-refractivity contribution in [3.8, 4) is 5.75 Å². The van der Waals surface area contributed by atoms with Crippen LogP contribution in [0.4, 0.5) is 0 Å². The van der Waals surface area contributed by atoms with Gasteiger partial charge in [0, 0.05) is 4.47 Å². The van der Waals surface area contributed by atoms with Crippen LogP contribution in [0.25, 0.3) is 0 Å². The number of benzene rings is 1. The van der Waals surface area contributed by atoms with E-state index in [9.17, 15) is 0 Å². The smallest absolute Gasteiger partial charge is 0.130 e. The maximum atomic E-state index is 5.69. The lowest BCUT2D eigenvalue weighted by Gasteiger charge is -2.12. The highest BCUT2D eigenvalue weighted by atomic mass is 79.9. The molecule has 0 aliphatic heterocycles. The van der Waals surface area contributed by atoms with Crippen molar-refractivity contribution in [1.29, 1.82) is 0 Å². The molecular weight excluding hydrogens is 286 g/mol. The zero-order valence-corrected chi connectivity index (χ0v) is 11.9. The summed E-state index contributed by atoms with van der Waals surface area (Å²) >= 11 is 8.38. The molecule has 0 aliphatic rings. The Bertz CT molecular complexity index is 379. The van der Waals surface area contributed by atoms with Crippen LogP contribution in [0.15, 0.2) is 22.7 Å². The van der Waals surface area contributed by atoms with Crippen molar-refractivity contribution in [1.82, 2.24) is 0 Å². The highest BCUT2D eigenvalue weighted by Gasteiger charge is 2.07. The quantitative estimate of drug-likeness (QED) is 0.845. The molecule has 0 spiro atoms. The molecule has 0 heterocycles. The predicted octanol–water partition coefficient (Wildman–Crippen LogP) is 3.51. The average Bonchev–Trinajstić information content (AvgIpc) is 2.16. The van der Waals surface area contributed by atoms with Gasteiger partial charge in [-0.3, -0.25) is 0 Å². The van der Waals surface area contributed by atoms with Gasteiger partial charge in [0.05, 0.1) is 12.2 Å². The van der Waals surface area contributed by atoms with E-state index in [1.165, 1.54) is 0 Å². The van der Waals surface area contributed by atoms with Crippen molar-refractivity contribution in [2.24, 2.45) is 11.7 Å². The van der Waals surface area contributed by atoms with E-state index >= 15 is 0 Å². The molecule has 1 aromatic rings. The van der Waals surface area contributed by atoms with Crippen molar-refractivity contribution in [3.63, 3.8) is 0 Å². The van der Waals surface area contributed by atoms with Crippen LogP contribution in [0.3, 0.4) is 0 Å². The molecule has 0 aliphatic carbocycles. The van der Waals surface area contributed by atoms with Gasteiger partial charge in [0.25, 0.3) is 0 Å². The van der Waals surface area contributed by atoms with Crippen molar-refractivity contribution in [3.05, 3.63) is 28.2 Å². The minimum atomic E-state index is 0.368. The summed E-state index contributed by atoms with van der Waals surface area (Å²) in [5, 5.41) is 0. The Labute approximate surface area is 110 Å². The molecule has 0 fully saturated rings. The van der Waals surface area contributed by atoms with Gasteiger partial charge >= 0.3 is 0 Å². The minimum absolute atomic E-state index is 0.368. The summed E-state index contributed by atoms with van der Waals surface area (Å²) in [4.78, 5) is 0.368. The van der Waals surface area contributed by atoms with E-state index in [0.717, 1.165) is 22.2 Å². The summed E-state index contributed by atoms with van der Waals surface area (Å²) in [5.74, 6) is 1.38. The van der Waals surface area contributed by atoms with Crippen molar-refractivity contribution >= 4 is 33.1 Å². The fourth-order valence-corrected chi connectivity index (χ4v) is 1.73. The van der Waals surface area contributed by atoms with E-state index < -0.39 is 0 Å². The van der Waals surface area contributed by atoms with Gasteiger partial charge in [-0.25, -0.2) is 0 Å². The largest absolute Gasteiger partial charge is 0.493 e. The first-order valence-corrected chi connectivity index (χ1v) is 6.43. The van der Waals surface area contributed by atoms with Crippen LogP contribution in [0.2, 0.25) is 0 Å². The molecule has 0 radical (unpaired) electrons. The maximum absolute atomic E-state index is 5.69. The second-order valence-corrected chi connectivity index (χ2v) is 5.39. The lowest BCUT2D eigenvalue weighted by Crippen LogP contribution is -2.12. The highest BCUT2D eigenvalue weighted by molar-refractivity contribution is 9.10. The molecule has 0 atom stereocenters. The summed E-state index contributed by atoms with van der Waals surface area (Å²) in [6, 6.07) is 5.68. The molecule has 0 amide bonds. The molecule has 1 rings (SSSR count). The summed E-state index contributed by atoms with van der Waals surface area (Å²) < 4.78 is 6.66. The predicted molar refractivity (Wildman–Crippen MR) is 75.0 cm³/mol. The molecule has 0 unspecified atom stereocenters. The first-order valence-electron chi connectivity index (χ1n) is 5.23. The van der Waals surface area contributed by atoms with Gasteiger partial charge in [-0.2, -0.15) is 0 Å². The second-order valence-electron chi connectivity index (χ2n) is 4.04. The molecule has 88 valence electrons. The van der Waals surface area contributed by atoms with Gasteiger partial charge in [0.1, 0.15) is 10.7 Å². The third-order valence-electron chi connectivity index (χ3n) is 2.16. The van der Waals surface area contributed by atoms with Gasteiger partial charge in [0.2, 0.25) is 0 Å². The maximum Gasteiger partial charge on any atom is 0.130 e. The van der Waals surface area contributed by atoms with E-state index in [1.807, 2.05) is 18.2 Å². The third-order valence-corrected chi connectivity index (χ3v) is 2.88. The Hall–Kier alpha value is -0.610. The molecule has 0 saturated carbocycles. The zero-order chi connectivity index (χ0) is 12.1. The van der Waals surface area contributed by atoms with Crippen LogP contribution >= 0.6 is 28.1 Å². The molecule has 0 bridgehead atoms. The summed E-state index contributed by atoms with van der Waals surface area (Å²) in [5.41, 5.74) is 6.43. The van der Waals surface area contributed by atoms with E-state index in [0.29, 0.717) is 17.5 Å². The number of halogens is 1. The van der Waals surface area contributed by atoms with Crippen molar-refractivity contribution in [2.75, 3.05) is 6.61 Å². The average molecular weight is 302 g/mol. The molecule has 2 nitrogen and oxygen atoms in total. The van der Waals surface area contributed by atoms with Gasteiger partial charge < -0.3 is 10.5 Å². The Kier molecular flexibility index (Phi) is 5.22. The fourth-order valence-electron chi connectivity index (χ4n) is 1.22. The van der Waals surface area contributed by atoms with Crippen LogP contribution in [0.1, 0.15) is 25.8 Å².